The van der Waals surface area contributed by atoms with Gasteiger partial charge in [0.25, 0.3) is 0 Å². The Morgan fingerprint density at radius 1 is 1.08 bits per heavy atom. The van der Waals surface area contributed by atoms with Crippen LogP contribution in [0.4, 0.5) is 0 Å². The van der Waals surface area contributed by atoms with Crippen LogP contribution in [0.2, 0.25) is 0 Å². The molecule has 0 amide bonds. The summed E-state index contributed by atoms with van der Waals surface area (Å²) in [4.78, 5) is 11.4. The van der Waals surface area contributed by atoms with Gasteiger partial charge in [-0.05, 0) is 43.7 Å². The van der Waals surface area contributed by atoms with E-state index < -0.39 is 16.0 Å². The summed E-state index contributed by atoms with van der Waals surface area (Å²) < 4.78 is 37.5. The van der Waals surface area contributed by atoms with Crippen LogP contribution in [0.25, 0.3) is 0 Å². The number of nitrogens with one attached hydrogen (secondary N) is 1. The molecule has 25 heavy (non-hydrogen) atoms. The lowest BCUT2D eigenvalue weighted by atomic mass is 10.1. The highest BCUT2D eigenvalue weighted by Crippen LogP contribution is 2.19. The third kappa shape index (κ3) is 5.58. The number of benzene rings is 2. The van der Waals surface area contributed by atoms with Gasteiger partial charge in [0, 0.05) is 6.04 Å². The van der Waals surface area contributed by atoms with E-state index in [1.807, 2.05) is 30.3 Å². The average molecular weight is 363 g/mol. The Labute approximate surface area is 147 Å². The Morgan fingerprint density at radius 3 is 2.32 bits per heavy atom. The molecule has 1 N–H and O–H groups in total. The third-order valence-corrected chi connectivity index (χ3v) is 4.98. The molecule has 0 radical (unpaired) electrons. The summed E-state index contributed by atoms with van der Waals surface area (Å²) in [7, 11) is -3.66. The number of carbonyl (C=O) groups excluding carboxylic acids is 1. The van der Waals surface area contributed by atoms with Gasteiger partial charge in [0.15, 0.2) is 6.61 Å². The molecule has 2 rings (SSSR count). The van der Waals surface area contributed by atoms with Gasteiger partial charge < -0.3 is 9.47 Å². The van der Waals surface area contributed by atoms with Gasteiger partial charge in [-0.1, -0.05) is 30.3 Å². The molecule has 2 aromatic rings. The highest BCUT2D eigenvalue weighted by atomic mass is 32.2. The van der Waals surface area contributed by atoms with Crippen molar-refractivity contribution in [1.82, 2.24) is 4.72 Å². The molecular weight excluding hydrogens is 342 g/mol. The third-order valence-electron chi connectivity index (χ3n) is 3.43. The molecule has 0 spiro atoms. The van der Waals surface area contributed by atoms with Crippen molar-refractivity contribution in [2.24, 2.45) is 0 Å². The highest BCUT2D eigenvalue weighted by molar-refractivity contribution is 7.89. The second-order valence-electron chi connectivity index (χ2n) is 5.32. The van der Waals surface area contributed by atoms with Crippen LogP contribution in [0.15, 0.2) is 59.5 Å². The molecule has 2 aromatic carbocycles. The van der Waals surface area contributed by atoms with Crippen molar-refractivity contribution >= 4 is 16.0 Å². The zero-order chi connectivity index (χ0) is 18.3. The summed E-state index contributed by atoms with van der Waals surface area (Å²) in [5.74, 6) is -0.0827. The lowest BCUT2D eigenvalue weighted by Gasteiger charge is -2.15. The molecule has 0 aliphatic carbocycles. The van der Waals surface area contributed by atoms with Crippen LogP contribution >= 0.6 is 0 Å². The molecule has 7 heteroatoms. The maximum Gasteiger partial charge on any atom is 0.344 e. The van der Waals surface area contributed by atoms with E-state index in [0.29, 0.717) is 5.75 Å². The summed E-state index contributed by atoms with van der Waals surface area (Å²) in [5.41, 5.74) is 0.875. The molecule has 0 heterocycles. The van der Waals surface area contributed by atoms with Gasteiger partial charge in [-0.2, -0.15) is 0 Å². The van der Waals surface area contributed by atoms with E-state index >= 15 is 0 Å². The van der Waals surface area contributed by atoms with Crippen molar-refractivity contribution in [3.05, 3.63) is 60.2 Å². The second-order valence-corrected chi connectivity index (χ2v) is 7.03. The lowest BCUT2D eigenvalue weighted by Crippen LogP contribution is -2.26. The largest absolute Gasteiger partial charge is 0.482 e. The van der Waals surface area contributed by atoms with Crippen molar-refractivity contribution in [1.29, 1.82) is 0 Å². The molecule has 0 fully saturated rings. The van der Waals surface area contributed by atoms with Gasteiger partial charge in [-0.3, -0.25) is 0 Å². The smallest absolute Gasteiger partial charge is 0.344 e. The Hall–Kier alpha value is -2.38. The molecular formula is C18H21NO5S. The van der Waals surface area contributed by atoms with Crippen LogP contribution < -0.4 is 9.46 Å². The Balaban J connectivity index is 2.01. The van der Waals surface area contributed by atoms with Crippen LogP contribution in [0.5, 0.6) is 5.75 Å². The number of esters is 1. The van der Waals surface area contributed by atoms with Crippen LogP contribution in [0, 0.1) is 0 Å². The first-order chi connectivity index (χ1) is 11.9. The van der Waals surface area contributed by atoms with E-state index in [2.05, 4.69) is 4.72 Å². The molecule has 0 aliphatic rings. The molecule has 1 atom stereocenters. The predicted octanol–water partition coefficient (Wildman–Crippen LogP) is 2.67. The zero-order valence-electron chi connectivity index (χ0n) is 14.1. The average Bonchev–Trinajstić information content (AvgIpc) is 2.61. The van der Waals surface area contributed by atoms with Crippen molar-refractivity contribution < 1.29 is 22.7 Å². The maximum absolute atomic E-state index is 12.5. The Kier molecular flexibility index (Phi) is 6.55. The lowest BCUT2D eigenvalue weighted by molar-refractivity contribution is -0.145. The van der Waals surface area contributed by atoms with E-state index in [0.717, 1.165) is 5.56 Å². The van der Waals surface area contributed by atoms with E-state index in [1.54, 1.807) is 13.8 Å². The summed E-state index contributed by atoms with van der Waals surface area (Å²) in [6, 6.07) is 14.8. The summed E-state index contributed by atoms with van der Waals surface area (Å²) in [6.45, 7) is 3.55. The quantitative estimate of drug-likeness (QED) is 0.729. The number of ether oxygens (including phenoxy) is 2. The molecule has 1 unspecified atom stereocenters. The number of hydrogen-bond donors (Lipinski definition) is 1. The van der Waals surface area contributed by atoms with Gasteiger partial charge >= 0.3 is 5.97 Å². The van der Waals surface area contributed by atoms with E-state index in [9.17, 15) is 13.2 Å². The van der Waals surface area contributed by atoms with Crippen LogP contribution in [-0.4, -0.2) is 27.6 Å². The fourth-order valence-corrected chi connectivity index (χ4v) is 3.40. The first-order valence-electron chi connectivity index (χ1n) is 7.88. The summed E-state index contributed by atoms with van der Waals surface area (Å²) in [5, 5.41) is 0. The molecule has 0 saturated carbocycles. The van der Waals surface area contributed by atoms with E-state index in [-0.39, 0.29) is 24.2 Å². The van der Waals surface area contributed by atoms with Crippen molar-refractivity contribution in [3.8, 4) is 5.75 Å². The van der Waals surface area contributed by atoms with Gasteiger partial charge in [0.05, 0.1) is 11.5 Å². The summed E-state index contributed by atoms with van der Waals surface area (Å²) >= 11 is 0. The van der Waals surface area contributed by atoms with Crippen molar-refractivity contribution in [2.45, 2.75) is 24.8 Å². The first kappa shape index (κ1) is 19.0. The normalized spacial score (nSPS) is 12.4. The maximum atomic E-state index is 12.5. The molecule has 6 nitrogen and oxygen atoms in total. The highest BCUT2D eigenvalue weighted by Gasteiger charge is 2.18. The number of rotatable bonds is 8. The van der Waals surface area contributed by atoms with Crippen LogP contribution in [0.1, 0.15) is 25.5 Å². The number of sulfonamides is 1. The van der Waals surface area contributed by atoms with E-state index in [1.165, 1.54) is 24.3 Å². The van der Waals surface area contributed by atoms with E-state index in [4.69, 9.17) is 9.47 Å². The molecule has 0 aromatic heterocycles. The Bertz CT molecular complexity index is 788. The van der Waals surface area contributed by atoms with Gasteiger partial charge in [0.2, 0.25) is 10.0 Å². The fraction of sp³-hybridized carbons (Fsp3) is 0.278. The molecule has 0 aliphatic heterocycles. The molecule has 0 bridgehead atoms. The van der Waals surface area contributed by atoms with Crippen molar-refractivity contribution in [2.75, 3.05) is 13.2 Å². The monoisotopic (exact) mass is 363 g/mol. The number of hydrogen-bond acceptors (Lipinski definition) is 5. The minimum atomic E-state index is -3.66. The van der Waals surface area contributed by atoms with Crippen LogP contribution in [0.3, 0.4) is 0 Å². The van der Waals surface area contributed by atoms with Gasteiger partial charge in [-0.25, -0.2) is 17.9 Å². The topological polar surface area (TPSA) is 81.7 Å². The SMILES string of the molecule is CCOC(=O)COc1ccc(S(=O)(=O)NC(C)c2ccccc2)cc1. The standard InChI is InChI=1S/C18H21NO5S/c1-3-23-18(20)13-24-16-9-11-17(12-10-16)25(21,22)19-14(2)15-7-5-4-6-8-15/h4-12,14,19H,3,13H2,1-2H3. The van der Waals surface area contributed by atoms with Crippen LogP contribution in [-0.2, 0) is 19.6 Å². The zero-order valence-corrected chi connectivity index (χ0v) is 15.0. The fourth-order valence-electron chi connectivity index (χ4n) is 2.17. The van der Waals surface area contributed by atoms with Gasteiger partial charge in [0.1, 0.15) is 5.75 Å². The molecule has 134 valence electrons. The number of carbonyl (C=O) groups is 1. The minimum absolute atomic E-state index is 0.124. The summed E-state index contributed by atoms with van der Waals surface area (Å²) in [6.07, 6.45) is 0. The Morgan fingerprint density at radius 2 is 1.72 bits per heavy atom. The van der Waals surface area contributed by atoms with Gasteiger partial charge in [-0.15, -0.1) is 0 Å². The predicted molar refractivity (Wildman–Crippen MR) is 93.7 cm³/mol. The first-order valence-corrected chi connectivity index (χ1v) is 9.36. The molecule has 0 saturated heterocycles. The second kappa shape index (κ2) is 8.64. The van der Waals surface area contributed by atoms with Crippen molar-refractivity contribution in [3.63, 3.8) is 0 Å². The minimum Gasteiger partial charge on any atom is -0.482 e.